The van der Waals surface area contributed by atoms with Gasteiger partial charge in [-0.2, -0.15) is 5.26 Å². The first-order valence-electron chi connectivity index (χ1n) is 8.53. The van der Waals surface area contributed by atoms with E-state index in [-0.39, 0.29) is 5.92 Å². The summed E-state index contributed by atoms with van der Waals surface area (Å²) in [5, 5.41) is 11.3. The number of ether oxygens (including phenoxy) is 3. The van der Waals surface area contributed by atoms with Crippen LogP contribution in [-0.4, -0.2) is 43.7 Å². The van der Waals surface area contributed by atoms with Gasteiger partial charge in [0.25, 0.3) is 5.91 Å². The summed E-state index contributed by atoms with van der Waals surface area (Å²) in [6.45, 7) is 4.63. The largest absolute Gasteiger partial charge is 0.479 e. The van der Waals surface area contributed by atoms with Gasteiger partial charge in [-0.05, 0) is 37.1 Å². The van der Waals surface area contributed by atoms with Gasteiger partial charge in [-0.3, -0.25) is 4.79 Å². The Morgan fingerprint density at radius 2 is 1.78 bits per heavy atom. The summed E-state index contributed by atoms with van der Waals surface area (Å²) in [4.78, 5) is 35.7. The lowest BCUT2D eigenvalue weighted by Crippen LogP contribution is -2.47. The maximum atomic E-state index is 12.0. The standard InChI is InChI=1S/C19H24N2O6/c1-5-12(2)17(19(24)25-4)21-16(22)11-26-18(23)13(3)27-15-8-6-14(10-20)7-9-15/h6-9,12-13,17H,5,11H2,1-4H3,(H,21,22)/t12-,13+,17-/m0/s1. The van der Waals surface area contributed by atoms with Gasteiger partial charge in [-0.1, -0.05) is 20.3 Å². The minimum atomic E-state index is -0.947. The molecule has 0 saturated heterocycles. The van der Waals surface area contributed by atoms with Crippen molar-refractivity contribution in [2.24, 2.45) is 5.92 Å². The molecule has 1 N–H and O–H groups in total. The van der Waals surface area contributed by atoms with Gasteiger partial charge in [0.2, 0.25) is 0 Å². The maximum absolute atomic E-state index is 12.0. The van der Waals surface area contributed by atoms with Gasteiger partial charge in [0.15, 0.2) is 12.7 Å². The predicted octanol–water partition coefficient (Wildman–Crippen LogP) is 1.57. The third-order valence-corrected chi connectivity index (χ3v) is 3.96. The van der Waals surface area contributed by atoms with Crippen molar-refractivity contribution < 1.29 is 28.6 Å². The van der Waals surface area contributed by atoms with Crippen molar-refractivity contribution in [3.05, 3.63) is 29.8 Å². The summed E-state index contributed by atoms with van der Waals surface area (Å²) in [5.41, 5.74) is 0.468. The highest BCUT2D eigenvalue weighted by atomic mass is 16.6. The van der Waals surface area contributed by atoms with Crippen molar-refractivity contribution in [2.75, 3.05) is 13.7 Å². The van der Waals surface area contributed by atoms with Crippen molar-refractivity contribution >= 4 is 17.8 Å². The Morgan fingerprint density at radius 1 is 1.15 bits per heavy atom. The monoisotopic (exact) mass is 376 g/mol. The number of benzene rings is 1. The Labute approximate surface area is 158 Å². The molecule has 0 radical (unpaired) electrons. The molecule has 0 aliphatic heterocycles. The first-order chi connectivity index (χ1) is 12.8. The molecule has 8 heteroatoms. The summed E-state index contributed by atoms with van der Waals surface area (Å²) in [6, 6.07) is 7.40. The summed E-state index contributed by atoms with van der Waals surface area (Å²) < 4.78 is 15.0. The first kappa shape index (κ1) is 22.0. The van der Waals surface area contributed by atoms with Gasteiger partial charge in [-0.15, -0.1) is 0 Å². The molecule has 0 spiro atoms. The third-order valence-electron chi connectivity index (χ3n) is 3.96. The van der Waals surface area contributed by atoms with E-state index in [4.69, 9.17) is 14.7 Å². The zero-order chi connectivity index (χ0) is 20.4. The first-order valence-corrected chi connectivity index (χ1v) is 8.53. The van der Waals surface area contributed by atoms with E-state index in [2.05, 4.69) is 10.1 Å². The molecule has 1 aromatic rings. The van der Waals surface area contributed by atoms with Crippen LogP contribution in [0.1, 0.15) is 32.8 Å². The Bertz CT molecular complexity index is 695. The van der Waals surface area contributed by atoms with E-state index >= 15 is 0 Å². The lowest BCUT2D eigenvalue weighted by atomic mass is 9.99. The Morgan fingerprint density at radius 3 is 2.30 bits per heavy atom. The molecule has 146 valence electrons. The van der Waals surface area contributed by atoms with Crippen molar-refractivity contribution in [3.63, 3.8) is 0 Å². The fourth-order valence-corrected chi connectivity index (χ4v) is 2.13. The van der Waals surface area contributed by atoms with Gasteiger partial charge >= 0.3 is 11.9 Å². The Hall–Kier alpha value is -3.08. The van der Waals surface area contributed by atoms with Gasteiger partial charge in [0, 0.05) is 0 Å². The highest BCUT2D eigenvalue weighted by molar-refractivity contribution is 5.86. The number of nitrogens with zero attached hydrogens (tertiary/aromatic N) is 1. The minimum absolute atomic E-state index is 0.129. The van der Waals surface area contributed by atoms with Crippen LogP contribution in [0.2, 0.25) is 0 Å². The van der Waals surface area contributed by atoms with E-state index in [1.54, 1.807) is 31.2 Å². The van der Waals surface area contributed by atoms with Crippen molar-refractivity contribution in [1.82, 2.24) is 5.32 Å². The molecule has 3 atom stereocenters. The average Bonchev–Trinajstić information content (AvgIpc) is 2.69. The molecule has 0 aliphatic carbocycles. The van der Waals surface area contributed by atoms with Crippen LogP contribution in [0.4, 0.5) is 0 Å². The molecule has 0 bridgehead atoms. The third kappa shape index (κ3) is 6.98. The fourth-order valence-electron chi connectivity index (χ4n) is 2.13. The second-order valence-electron chi connectivity index (χ2n) is 5.96. The van der Waals surface area contributed by atoms with E-state index in [9.17, 15) is 14.4 Å². The summed E-state index contributed by atoms with van der Waals surface area (Å²) in [6.07, 6.45) is -0.285. The lowest BCUT2D eigenvalue weighted by molar-refractivity contribution is -0.155. The summed E-state index contributed by atoms with van der Waals surface area (Å²) in [5.74, 6) is -1.62. The summed E-state index contributed by atoms with van der Waals surface area (Å²) >= 11 is 0. The normalized spacial score (nSPS) is 13.4. The van der Waals surface area contributed by atoms with E-state index in [0.717, 1.165) is 0 Å². The summed E-state index contributed by atoms with van der Waals surface area (Å²) in [7, 11) is 1.24. The molecular weight excluding hydrogens is 352 g/mol. The number of hydrogen-bond donors (Lipinski definition) is 1. The Balaban J connectivity index is 2.52. The molecule has 0 aliphatic rings. The minimum Gasteiger partial charge on any atom is -0.479 e. The quantitative estimate of drug-likeness (QED) is 0.651. The van der Waals surface area contributed by atoms with E-state index < -0.39 is 36.6 Å². The molecule has 0 aromatic heterocycles. The number of carbonyl (C=O) groups excluding carboxylic acids is 3. The van der Waals surface area contributed by atoms with E-state index in [0.29, 0.717) is 17.7 Å². The second-order valence-corrected chi connectivity index (χ2v) is 5.96. The number of rotatable bonds is 9. The number of carbonyl (C=O) groups is 3. The van der Waals surface area contributed by atoms with Gasteiger partial charge in [0.05, 0.1) is 18.7 Å². The molecule has 27 heavy (non-hydrogen) atoms. The van der Waals surface area contributed by atoms with Crippen LogP contribution in [0.15, 0.2) is 24.3 Å². The number of amides is 1. The van der Waals surface area contributed by atoms with Gasteiger partial charge < -0.3 is 19.5 Å². The Kier molecular flexibility index (Phi) is 8.79. The van der Waals surface area contributed by atoms with Crippen LogP contribution in [0.3, 0.4) is 0 Å². The molecule has 0 saturated carbocycles. The zero-order valence-electron chi connectivity index (χ0n) is 15.9. The number of hydrogen-bond acceptors (Lipinski definition) is 7. The number of nitrogens with one attached hydrogen (secondary N) is 1. The maximum Gasteiger partial charge on any atom is 0.347 e. The number of methoxy groups -OCH3 is 1. The molecule has 1 aromatic carbocycles. The molecule has 8 nitrogen and oxygen atoms in total. The predicted molar refractivity (Wildman–Crippen MR) is 95.6 cm³/mol. The average molecular weight is 376 g/mol. The number of esters is 2. The SMILES string of the molecule is CC[C@H](C)[C@H](NC(=O)COC(=O)[C@@H](C)Oc1ccc(C#N)cc1)C(=O)OC. The molecule has 0 fully saturated rings. The van der Waals surface area contributed by atoms with Gasteiger partial charge in [-0.25, -0.2) is 9.59 Å². The van der Waals surface area contributed by atoms with Crippen LogP contribution in [0, 0.1) is 17.2 Å². The van der Waals surface area contributed by atoms with Crippen LogP contribution in [0.5, 0.6) is 5.75 Å². The lowest BCUT2D eigenvalue weighted by Gasteiger charge is -2.22. The van der Waals surface area contributed by atoms with Crippen molar-refractivity contribution in [1.29, 1.82) is 5.26 Å². The van der Waals surface area contributed by atoms with Crippen LogP contribution >= 0.6 is 0 Å². The molecule has 1 amide bonds. The molecule has 0 heterocycles. The molecule has 0 unspecified atom stereocenters. The van der Waals surface area contributed by atoms with Crippen molar-refractivity contribution in [2.45, 2.75) is 39.3 Å². The topological polar surface area (TPSA) is 115 Å². The second kappa shape index (κ2) is 10.8. The fraction of sp³-hybridized carbons (Fsp3) is 0.474. The van der Waals surface area contributed by atoms with Crippen molar-refractivity contribution in [3.8, 4) is 11.8 Å². The van der Waals surface area contributed by atoms with Crippen LogP contribution < -0.4 is 10.1 Å². The zero-order valence-corrected chi connectivity index (χ0v) is 15.9. The van der Waals surface area contributed by atoms with E-state index in [1.165, 1.54) is 14.0 Å². The molecule has 1 rings (SSSR count). The van der Waals surface area contributed by atoms with Crippen LogP contribution in [0.25, 0.3) is 0 Å². The smallest absolute Gasteiger partial charge is 0.347 e. The molecular formula is C19H24N2O6. The number of nitriles is 1. The van der Waals surface area contributed by atoms with Crippen LogP contribution in [-0.2, 0) is 23.9 Å². The highest BCUT2D eigenvalue weighted by Crippen LogP contribution is 2.14. The highest BCUT2D eigenvalue weighted by Gasteiger charge is 2.27. The van der Waals surface area contributed by atoms with E-state index in [1.807, 2.05) is 13.0 Å². The van der Waals surface area contributed by atoms with Gasteiger partial charge in [0.1, 0.15) is 11.8 Å².